The highest BCUT2D eigenvalue weighted by atomic mass is 32.2. The Kier molecular flexibility index (Phi) is 4.65. The van der Waals surface area contributed by atoms with Crippen LogP contribution < -0.4 is 10.0 Å². The molecule has 1 aliphatic carbocycles. The van der Waals surface area contributed by atoms with Gasteiger partial charge in [-0.15, -0.1) is 0 Å². The first-order valence-electron chi connectivity index (χ1n) is 6.91. The van der Waals surface area contributed by atoms with Crippen molar-refractivity contribution in [3.05, 3.63) is 18.0 Å². The largest absolute Gasteiger partial charge is 0.363 e. The van der Waals surface area contributed by atoms with Gasteiger partial charge in [0, 0.05) is 24.5 Å². The van der Waals surface area contributed by atoms with Crippen molar-refractivity contribution in [3.63, 3.8) is 0 Å². The fraction of sp³-hybridized carbons (Fsp3) is 0.692. The summed E-state index contributed by atoms with van der Waals surface area (Å²) < 4.78 is 27.1. The van der Waals surface area contributed by atoms with Crippen molar-refractivity contribution in [3.8, 4) is 0 Å². The molecule has 1 heterocycles. The third-order valence-corrected chi connectivity index (χ3v) is 4.90. The van der Waals surface area contributed by atoms with Crippen molar-refractivity contribution >= 4 is 10.0 Å². The zero-order chi connectivity index (χ0) is 13.9. The lowest BCUT2D eigenvalue weighted by molar-refractivity contribution is 0.530. The lowest BCUT2D eigenvalue weighted by Crippen LogP contribution is -2.32. The zero-order valence-electron chi connectivity index (χ0n) is 11.6. The second kappa shape index (κ2) is 6.07. The van der Waals surface area contributed by atoms with E-state index in [1.807, 2.05) is 13.8 Å². The molecule has 1 fully saturated rings. The van der Waals surface area contributed by atoms with Gasteiger partial charge in [-0.2, -0.15) is 0 Å². The van der Waals surface area contributed by atoms with Crippen molar-refractivity contribution in [1.29, 1.82) is 0 Å². The molecule has 1 atom stereocenters. The fourth-order valence-electron chi connectivity index (χ4n) is 2.17. The van der Waals surface area contributed by atoms with E-state index in [1.165, 1.54) is 12.8 Å². The molecule has 0 amide bonds. The predicted molar refractivity (Wildman–Crippen MR) is 75.3 cm³/mol. The summed E-state index contributed by atoms with van der Waals surface area (Å²) >= 11 is 0. The number of hydrogen-bond acceptors (Lipinski definition) is 3. The summed E-state index contributed by atoms with van der Waals surface area (Å²) in [5.74, 6) is 0.716. The number of rotatable bonds is 8. The molecule has 2 rings (SSSR count). The standard InChI is InChI=1S/C13H23N3O2S/c1-3-14-8-12-7-13(9-15-12)19(17,18)16-10(2)6-11-4-5-11/h7,9-11,14-16H,3-6,8H2,1-2H3. The van der Waals surface area contributed by atoms with Gasteiger partial charge in [-0.25, -0.2) is 13.1 Å². The Hall–Kier alpha value is -0.850. The van der Waals surface area contributed by atoms with Crippen LogP contribution in [0.2, 0.25) is 0 Å². The maximum Gasteiger partial charge on any atom is 0.242 e. The molecule has 6 heteroatoms. The van der Waals surface area contributed by atoms with Gasteiger partial charge >= 0.3 is 0 Å². The molecular formula is C13H23N3O2S. The molecule has 1 aliphatic rings. The lowest BCUT2D eigenvalue weighted by Gasteiger charge is -2.12. The maximum absolute atomic E-state index is 12.2. The highest BCUT2D eigenvalue weighted by Gasteiger charge is 2.26. The molecule has 0 aromatic carbocycles. The molecule has 1 aromatic heterocycles. The van der Waals surface area contributed by atoms with Crippen molar-refractivity contribution in [2.24, 2.45) is 5.92 Å². The van der Waals surface area contributed by atoms with Crippen LogP contribution in [0.5, 0.6) is 0 Å². The van der Waals surface area contributed by atoms with Crippen LogP contribution in [0.4, 0.5) is 0 Å². The van der Waals surface area contributed by atoms with E-state index in [2.05, 4.69) is 15.0 Å². The van der Waals surface area contributed by atoms with E-state index in [-0.39, 0.29) is 6.04 Å². The number of aromatic nitrogens is 1. The molecule has 0 aliphatic heterocycles. The second-order valence-corrected chi connectivity index (χ2v) is 7.06. The first-order valence-corrected chi connectivity index (χ1v) is 8.40. The zero-order valence-corrected chi connectivity index (χ0v) is 12.4. The minimum atomic E-state index is -3.39. The molecule has 1 unspecified atom stereocenters. The summed E-state index contributed by atoms with van der Waals surface area (Å²) in [5.41, 5.74) is 0.886. The molecule has 3 N–H and O–H groups in total. The van der Waals surface area contributed by atoms with Crippen LogP contribution in [0, 0.1) is 5.92 Å². The highest BCUT2D eigenvalue weighted by molar-refractivity contribution is 7.89. The maximum atomic E-state index is 12.2. The van der Waals surface area contributed by atoms with Crippen molar-refractivity contribution in [2.45, 2.75) is 50.6 Å². The van der Waals surface area contributed by atoms with Gasteiger partial charge in [0.2, 0.25) is 10.0 Å². The third-order valence-electron chi connectivity index (χ3n) is 3.33. The summed E-state index contributed by atoms with van der Waals surface area (Å²) in [6, 6.07) is 1.69. The topological polar surface area (TPSA) is 74.0 Å². The minimum Gasteiger partial charge on any atom is -0.363 e. The Morgan fingerprint density at radius 2 is 2.21 bits per heavy atom. The summed E-state index contributed by atoms with van der Waals surface area (Å²) in [6.45, 7) is 5.46. The highest BCUT2D eigenvalue weighted by Crippen LogP contribution is 2.33. The van der Waals surface area contributed by atoms with E-state index in [0.717, 1.165) is 18.7 Å². The monoisotopic (exact) mass is 285 g/mol. The van der Waals surface area contributed by atoms with Crippen molar-refractivity contribution < 1.29 is 8.42 Å². The Morgan fingerprint density at radius 3 is 2.84 bits per heavy atom. The van der Waals surface area contributed by atoms with E-state index in [1.54, 1.807) is 12.3 Å². The van der Waals surface area contributed by atoms with Crippen LogP contribution in [0.25, 0.3) is 0 Å². The quantitative estimate of drug-likeness (QED) is 0.679. The molecule has 19 heavy (non-hydrogen) atoms. The third kappa shape index (κ3) is 4.33. The Balaban J connectivity index is 1.95. The molecule has 0 bridgehead atoms. The fourth-order valence-corrected chi connectivity index (χ4v) is 3.44. The second-order valence-electron chi connectivity index (χ2n) is 5.34. The predicted octanol–water partition coefficient (Wildman–Crippen LogP) is 1.59. The van der Waals surface area contributed by atoms with Gasteiger partial charge in [0.05, 0.1) is 4.90 Å². The van der Waals surface area contributed by atoms with Crippen molar-refractivity contribution in [1.82, 2.24) is 15.0 Å². The van der Waals surface area contributed by atoms with Crippen LogP contribution in [0.3, 0.4) is 0 Å². The summed E-state index contributed by atoms with van der Waals surface area (Å²) in [6.07, 6.45) is 4.97. The Labute approximate surface area is 115 Å². The molecular weight excluding hydrogens is 262 g/mol. The van der Waals surface area contributed by atoms with Gasteiger partial charge in [-0.1, -0.05) is 19.8 Å². The van der Waals surface area contributed by atoms with Gasteiger partial charge in [0.1, 0.15) is 0 Å². The van der Waals surface area contributed by atoms with E-state index in [9.17, 15) is 8.42 Å². The summed E-state index contributed by atoms with van der Waals surface area (Å²) in [5, 5.41) is 3.16. The average molecular weight is 285 g/mol. The molecule has 108 valence electrons. The molecule has 0 radical (unpaired) electrons. The van der Waals surface area contributed by atoms with Crippen molar-refractivity contribution in [2.75, 3.05) is 6.54 Å². The van der Waals surface area contributed by atoms with Crippen LogP contribution in [-0.4, -0.2) is 26.0 Å². The summed E-state index contributed by atoms with van der Waals surface area (Å²) in [7, 11) is -3.39. The summed E-state index contributed by atoms with van der Waals surface area (Å²) in [4.78, 5) is 3.31. The number of sulfonamides is 1. The Bertz CT molecular complexity index is 506. The van der Waals surface area contributed by atoms with Gasteiger partial charge in [0.25, 0.3) is 0 Å². The number of aromatic amines is 1. The van der Waals surface area contributed by atoms with Crippen LogP contribution >= 0.6 is 0 Å². The van der Waals surface area contributed by atoms with Gasteiger partial charge in [-0.3, -0.25) is 0 Å². The molecule has 1 saturated carbocycles. The van der Waals surface area contributed by atoms with Gasteiger partial charge < -0.3 is 10.3 Å². The number of nitrogens with one attached hydrogen (secondary N) is 3. The minimum absolute atomic E-state index is 0.00427. The molecule has 1 aromatic rings. The molecule has 0 spiro atoms. The normalized spacial score (nSPS) is 17.6. The van der Waals surface area contributed by atoms with E-state index in [4.69, 9.17) is 0 Å². The van der Waals surface area contributed by atoms with E-state index >= 15 is 0 Å². The Morgan fingerprint density at radius 1 is 1.47 bits per heavy atom. The molecule has 0 saturated heterocycles. The number of hydrogen-bond donors (Lipinski definition) is 3. The van der Waals surface area contributed by atoms with E-state index in [0.29, 0.717) is 17.4 Å². The van der Waals surface area contributed by atoms with Crippen LogP contribution in [0.15, 0.2) is 17.2 Å². The van der Waals surface area contributed by atoms with Gasteiger partial charge in [0.15, 0.2) is 0 Å². The SMILES string of the molecule is CCNCc1cc(S(=O)(=O)NC(C)CC2CC2)c[nH]1. The van der Waals surface area contributed by atoms with E-state index < -0.39 is 10.0 Å². The first-order chi connectivity index (χ1) is 9.01. The lowest BCUT2D eigenvalue weighted by atomic mass is 10.2. The van der Waals surface area contributed by atoms with Gasteiger partial charge in [-0.05, 0) is 31.9 Å². The number of H-pyrrole nitrogens is 1. The molecule has 5 nitrogen and oxygen atoms in total. The average Bonchev–Trinajstić information content (AvgIpc) is 3.00. The first kappa shape index (κ1) is 14.6. The smallest absolute Gasteiger partial charge is 0.242 e. The van der Waals surface area contributed by atoms with Crippen LogP contribution in [-0.2, 0) is 16.6 Å². The van der Waals surface area contributed by atoms with Crippen LogP contribution in [0.1, 0.15) is 38.8 Å².